The Labute approximate surface area is 94.0 Å². The number of ether oxygens (including phenoxy) is 2. The monoisotopic (exact) mass is 228 g/mol. The number of rotatable bonds is 4. The van der Waals surface area contributed by atoms with Crippen LogP contribution in [0.4, 0.5) is 0 Å². The molecule has 1 heterocycles. The molecule has 1 unspecified atom stereocenters. The van der Waals surface area contributed by atoms with Crippen molar-refractivity contribution in [2.75, 3.05) is 13.2 Å². The molecule has 0 radical (unpaired) electrons. The van der Waals surface area contributed by atoms with Gasteiger partial charge in [-0.3, -0.25) is 5.43 Å². The minimum Gasteiger partial charge on any atom is -0.464 e. The van der Waals surface area contributed by atoms with E-state index in [1.54, 1.807) is 20.8 Å². The lowest BCUT2D eigenvalue weighted by molar-refractivity contribution is -0.149. The summed E-state index contributed by atoms with van der Waals surface area (Å²) in [5.41, 5.74) is 1.88. The number of hydrogen-bond donors (Lipinski definition) is 1. The van der Waals surface area contributed by atoms with Crippen molar-refractivity contribution in [2.24, 2.45) is 5.10 Å². The number of carbonyl (C=O) groups excluding carboxylic acids is 2. The van der Waals surface area contributed by atoms with Crippen molar-refractivity contribution in [3.63, 3.8) is 0 Å². The van der Waals surface area contributed by atoms with Crippen LogP contribution in [0.1, 0.15) is 27.2 Å². The maximum Gasteiger partial charge on any atom is 0.354 e. The first-order valence-electron chi connectivity index (χ1n) is 5.21. The average Bonchev–Trinajstić information content (AvgIpc) is 2.63. The van der Waals surface area contributed by atoms with Gasteiger partial charge in [0.05, 0.1) is 13.2 Å². The first-order chi connectivity index (χ1) is 7.53. The summed E-state index contributed by atoms with van der Waals surface area (Å²) < 4.78 is 9.69. The highest BCUT2D eigenvalue weighted by molar-refractivity contribution is 6.37. The van der Waals surface area contributed by atoms with Crippen LogP contribution in [0.25, 0.3) is 0 Å². The summed E-state index contributed by atoms with van der Waals surface area (Å²) in [5, 5.41) is 3.80. The van der Waals surface area contributed by atoms with Crippen molar-refractivity contribution in [3.05, 3.63) is 0 Å². The Morgan fingerprint density at radius 2 is 2.00 bits per heavy atom. The maximum absolute atomic E-state index is 11.6. The van der Waals surface area contributed by atoms with Crippen LogP contribution < -0.4 is 5.43 Å². The fourth-order valence-corrected chi connectivity index (χ4v) is 1.35. The molecule has 6 nitrogen and oxygen atoms in total. The molecule has 0 fully saturated rings. The second-order valence-electron chi connectivity index (χ2n) is 3.62. The normalized spacial score (nSPS) is 23.3. The van der Waals surface area contributed by atoms with Crippen LogP contribution in [0.2, 0.25) is 0 Å². The zero-order chi connectivity index (χ0) is 12.2. The van der Waals surface area contributed by atoms with Crippen LogP contribution in [0.3, 0.4) is 0 Å². The van der Waals surface area contributed by atoms with Crippen LogP contribution in [0.5, 0.6) is 0 Å². The van der Waals surface area contributed by atoms with Crippen LogP contribution >= 0.6 is 0 Å². The number of carbonyl (C=O) groups is 2. The summed E-state index contributed by atoms with van der Waals surface area (Å²) in [4.78, 5) is 23.0. The Balaban J connectivity index is 2.61. The van der Waals surface area contributed by atoms with Gasteiger partial charge in [0.2, 0.25) is 0 Å². The molecule has 16 heavy (non-hydrogen) atoms. The Morgan fingerprint density at radius 1 is 1.38 bits per heavy atom. The molecule has 1 aliphatic rings. The maximum atomic E-state index is 11.6. The number of hydrazone groups is 1. The Hall–Kier alpha value is -1.59. The van der Waals surface area contributed by atoms with E-state index < -0.39 is 17.5 Å². The smallest absolute Gasteiger partial charge is 0.354 e. The highest BCUT2D eigenvalue weighted by Gasteiger charge is 2.42. The molecule has 0 spiro atoms. The van der Waals surface area contributed by atoms with E-state index in [0.717, 1.165) is 0 Å². The molecular formula is C10H16N2O4. The highest BCUT2D eigenvalue weighted by Crippen LogP contribution is 2.19. The molecule has 6 heteroatoms. The van der Waals surface area contributed by atoms with Crippen molar-refractivity contribution < 1.29 is 19.1 Å². The van der Waals surface area contributed by atoms with Gasteiger partial charge in [0.1, 0.15) is 5.71 Å². The largest absolute Gasteiger partial charge is 0.464 e. The van der Waals surface area contributed by atoms with Crippen LogP contribution in [0.15, 0.2) is 5.10 Å². The van der Waals surface area contributed by atoms with Gasteiger partial charge in [-0.15, -0.1) is 0 Å². The van der Waals surface area contributed by atoms with Crippen LogP contribution in [0, 0.1) is 0 Å². The Bertz CT molecular complexity index is 327. The fourth-order valence-electron chi connectivity index (χ4n) is 1.35. The zero-order valence-corrected chi connectivity index (χ0v) is 9.70. The predicted octanol–water partition coefficient (Wildman–Crippen LogP) is 0.221. The van der Waals surface area contributed by atoms with E-state index in [9.17, 15) is 9.59 Å². The third-order valence-electron chi connectivity index (χ3n) is 2.20. The van der Waals surface area contributed by atoms with Crippen molar-refractivity contribution in [1.82, 2.24) is 5.43 Å². The molecule has 1 rings (SSSR count). The van der Waals surface area contributed by atoms with E-state index in [1.165, 1.54) is 0 Å². The van der Waals surface area contributed by atoms with E-state index in [-0.39, 0.29) is 18.7 Å². The lowest BCUT2D eigenvalue weighted by Crippen LogP contribution is -2.45. The van der Waals surface area contributed by atoms with E-state index >= 15 is 0 Å². The Morgan fingerprint density at radius 3 is 2.56 bits per heavy atom. The van der Waals surface area contributed by atoms with Gasteiger partial charge in [-0.05, 0) is 20.8 Å². The zero-order valence-electron chi connectivity index (χ0n) is 9.70. The van der Waals surface area contributed by atoms with Gasteiger partial charge in [0, 0.05) is 6.42 Å². The second kappa shape index (κ2) is 4.96. The molecule has 1 atom stereocenters. The highest BCUT2D eigenvalue weighted by atomic mass is 16.5. The molecule has 0 aliphatic carbocycles. The second-order valence-corrected chi connectivity index (χ2v) is 3.62. The molecule has 0 amide bonds. The molecule has 0 aromatic heterocycles. The van der Waals surface area contributed by atoms with Crippen LogP contribution in [-0.2, 0) is 19.1 Å². The third-order valence-corrected chi connectivity index (χ3v) is 2.20. The molecule has 90 valence electrons. The average molecular weight is 228 g/mol. The van der Waals surface area contributed by atoms with Gasteiger partial charge in [0.15, 0.2) is 5.54 Å². The molecule has 0 saturated heterocycles. The number of nitrogens with zero attached hydrogens (tertiary/aromatic N) is 1. The van der Waals surface area contributed by atoms with Gasteiger partial charge in [0.25, 0.3) is 0 Å². The molecule has 0 aromatic rings. The van der Waals surface area contributed by atoms with Gasteiger partial charge in [-0.2, -0.15) is 5.10 Å². The first-order valence-corrected chi connectivity index (χ1v) is 5.21. The van der Waals surface area contributed by atoms with E-state index in [2.05, 4.69) is 10.5 Å². The number of nitrogens with one attached hydrogen (secondary N) is 1. The first kappa shape index (κ1) is 12.5. The summed E-state index contributed by atoms with van der Waals surface area (Å²) in [6.07, 6.45) is 0.185. The molecule has 0 saturated carbocycles. The van der Waals surface area contributed by atoms with Crippen molar-refractivity contribution in [3.8, 4) is 0 Å². The standard InChI is InChI=1S/C10H16N2O4/c1-4-15-8(13)7-6-10(3,12-11-7)9(14)16-5-2/h12H,4-6H2,1-3H3. The summed E-state index contributed by atoms with van der Waals surface area (Å²) in [6, 6.07) is 0. The fraction of sp³-hybridized carbons (Fsp3) is 0.700. The van der Waals surface area contributed by atoms with Crippen molar-refractivity contribution >= 4 is 17.7 Å². The summed E-state index contributed by atoms with van der Waals surface area (Å²) in [7, 11) is 0. The molecule has 0 bridgehead atoms. The predicted molar refractivity (Wildman–Crippen MR) is 56.9 cm³/mol. The van der Waals surface area contributed by atoms with Gasteiger partial charge in [-0.1, -0.05) is 0 Å². The minimum atomic E-state index is -0.960. The van der Waals surface area contributed by atoms with Gasteiger partial charge in [-0.25, -0.2) is 9.59 Å². The molecule has 0 aromatic carbocycles. The summed E-state index contributed by atoms with van der Waals surface area (Å²) >= 11 is 0. The van der Waals surface area contributed by atoms with E-state index in [4.69, 9.17) is 9.47 Å². The van der Waals surface area contributed by atoms with Crippen molar-refractivity contribution in [1.29, 1.82) is 0 Å². The number of hydrogen-bond acceptors (Lipinski definition) is 6. The minimum absolute atomic E-state index is 0.185. The quantitative estimate of drug-likeness (QED) is 0.696. The SMILES string of the molecule is CCOC(=O)C1=NNC(C)(C(=O)OCC)C1. The lowest BCUT2D eigenvalue weighted by atomic mass is 9.97. The summed E-state index contributed by atoms with van der Waals surface area (Å²) in [6.45, 7) is 5.66. The van der Waals surface area contributed by atoms with Gasteiger partial charge >= 0.3 is 11.9 Å². The van der Waals surface area contributed by atoms with E-state index in [0.29, 0.717) is 6.61 Å². The molecule has 1 aliphatic heterocycles. The van der Waals surface area contributed by atoms with Crippen molar-refractivity contribution in [2.45, 2.75) is 32.7 Å². The molecule has 1 N–H and O–H groups in total. The third kappa shape index (κ3) is 2.50. The lowest BCUT2D eigenvalue weighted by Gasteiger charge is -2.20. The number of esters is 2. The van der Waals surface area contributed by atoms with E-state index in [1.807, 2.05) is 0 Å². The van der Waals surface area contributed by atoms with Crippen LogP contribution in [-0.4, -0.2) is 36.4 Å². The topological polar surface area (TPSA) is 77.0 Å². The molecular weight excluding hydrogens is 212 g/mol. The summed E-state index contributed by atoms with van der Waals surface area (Å²) in [5.74, 6) is -0.916. The van der Waals surface area contributed by atoms with Gasteiger partial charge < -0.3 is 9.47 Å². The Kier molecular flexibility index (Phi) is 3.87.